The maximum Gasteiger partial charge on any atom is 0.249 e. The molecule has 38 heavy (non-hydrogen) atoms. The highest BCUT2D eigenvalue weighted by Gasteiger charge is 2.35. The highest BCUT2D eigenvalue weighted by atomic mass is 35.5. The van der Waals surface area contributed by atoms with Crippen LogP contribution in [0.3, 0.4) is 0 Å². The van der Waals surface area contributed by atoms with E-state index in [1.807, 2.05) is 46.7 Å². The molecular formula is C29H30Cl2N2O4S. The Kier molecular flexibility index (Phi) is 9.02. The fraction of sp³-hybridized carbons (Fsp3) is 0.379. The molecule has 2 amide bonds. The molecule has 6 nitrogen and oxygen atoms in total. The van der Waals surface area contributed by atoms with E-state index in [9.17, 15) is 9.59 Å². The Morgan fingerprint density at radius 3 is 2.71 bits per heavy atom. The molecule has 0 N–H and O–H groups in total. The van der Waals surface area contributed by atoms with Crippen LogP contribution in [0.2, 0.25) is 10.0 Å². The zero-order valence-corrected chi connectivity index (χ0v) is 23.3. The van der Waals surface area contributed by atoms with Gasteiger partial charge in [-0.15, -0.1) is 11.3 Å². The third-order valence-corrected chi connectivity index (χ3v) is 8.57. The number of fused-ring (bicyclic) bond motifs is 1. The number of halogens is 2. The predicted molar refractivity (Wildman–Crippen MR) is 150 cm³/mol. The van der Waals surface area contributed by atoms with E-state index in [2.05, 4.69) is 6.07 Å². The number of benzene rings is 2. The number of amides is 2. The summed E-state index contributed by atoms with van der Waals surface area (Å²) in [5.41, 5.74) is 2.89. The van der Waals surface area contributed by atoms with E-state index in [1.165, 1.54) is 4.88 Å². The quantitative estimate of drug-likeness (QED) is 0.327. The number of thiophene rings is 1. The van der Waals surface area contributed by atoms with Gasteiger partial charge in [-0.05, 0) is 59.5 Å². The first-order chi connectivity index (χ1) is 18.5. The van der Waals surface area contributed by atoms with Gasteiger partial charge in [-0.25, -0.2) is 0 Å². The van der Waals surface area contributed by atoms with Gasteiger partial charge in [-0.3, -0.25) is 9.59 Å². The van der Waals surface area contributed by atoms with E-state index in [0.717, 1.165) is 36.0 Å². The van der Waals surface area contributed by atoms with Crippen LogP contribution in [-0.2, 0) is 32.1 Å². The van der Waals surface area contributed by atoms with Gasteiger partial charge in [0.25, 0.3) is 0 Å². The number of hydrogen-bond donors (Lipinski definition) is 0. The zero-order chi connectivity index (χ0) is 26.5. The number of ether oxygens (including phenoxy) is 2. The third-order valence-electron chi connectivity index (χ3n) is 7.01. The van der Waals surface area contributed by atoms with Crippen LogP contribution in [0, 0.1) is 0 Å². The summed E-state index contributed by atoms with van der Waals surface area (Å²) in [7, 11) is 0. The van der Waals surface area contributed by atoms with Crippen LogP contribution in [0.4, 0.5) is 0 Å². The van der Waals surface area contributed by atoms with Gasteiger partial charge >= 0.3 is 0 Å². The Morgan fingerprint density at radius 1 is 1.11 bits per heavy atom. The van der Waals surface area contributed by atoms with Crippen LogP contribution in [0.1, 0.15) is 40.5 Å². The van der Waals surface area contributed by atoms with Crippen molar-refractivity contribution in [2.45, 2.75) is 38.0 Å². The summed E-state index contributed by atoms with van der Waals surface area (Å²) in [6.45, 7) is 1.77. The Morgan fingerprint density at radius 2 is 1.95 bits per heavy atom. The molecule has 2 aromatic carbocycles. The normalized spacial score (nSPS) is 18.8. The summed E-state index contributed by atoms with van der Waals surface area (Å²) in [6, 6.07) is 16.8. The maximum atomic E-state index is 13.9. The first-order valence-corrected chi connectivity index (χ1v) is 14.4. The van der Waals surface area contributed by atoms with Crippen molar-refractivity contribution in [3.8, 4) is 0 Å². The minimum absolute atomic E-state index is 0.0471. The van der Waals surface area contributed by atoms with Crippen LogP contribution in [0.5, 0.6) is 0 Å². The molecule has 2 aliphatic rings. The third kappa shape index (κ3) is 6.41. The second-order valence-electron chi connectivity index (χ2n) is 9.59. The summed E-state index contributed by atoms with van der Waals surface area (Å²) in [6.07, 6.45) is 2.51. The minimum atomic E-state index is -0.337. The van der Waals surface area contributed by atoms with Crippen molar-refractivity contribution < 1.29 is 19.1 Å². The minimum Gasteiger partial charge on any atom is -0.376 e. The molecule has 200 valence electrons. The van der Waals surface area contributed by atoms with Gasteiger partial charge in [0.05, 0.1) is 25.3 Å². The average Bonchev–Trinajstić information content (AvgIpc) is 3.61. The van der Waals surface area contributed by atoms with E-state index in [4.69, 9.17) is 32.7 Å². The van der Waals surface area contributed by atoms with Gasteiger partial charge < -0.3 is 19.3 Å². The van der Waals surface area contributed by atoms with Crippen molar-refractivity contribution in [2.24, 2.45) is 0 Å². The van der Waals surface area contributed by atoms with E-state index in [0.29, 0.717) is 36.3 Å². The van der Waals surface area contributed by atoms with Crippen molar-refractivity contribution >= 4 is 46.4 Å². The molecule has 0 radical (unpaired) electrons. The standard InChI is InChI=1S/C29H30Cl2N2O4S/c30-21-8-9-23(25(31)15-21)29-24-11-14-38-26(24)10-12-33(29)27(34)17-32(16-22-7-4-13-37-22)28(35)19-36-18-20-5-2-1-3-6-20/h1-3,5-6,8-9,11,14-15,22,29H,4,7,10,12-13,16-19H2. The summed E-state index contributed by atoms with van der Waals surface area (Å²) in [5, 5.41) is 3.11. The molecule has 5 rings (SSSR count). The van der Waals surface area contributed by atoms with Crippen molar-refractivity contribution in [2.75, 3.05) is 32.8 Å². The van der Waals surface area contributed by atoms with Gasteiger partial charge in [0.1, 0.15) is 6.61 Å². The lowest BCUT2D eigenvalue weighted by Gasteiger charge is -2.38. The molecule has 3 heterocycles. The fourth-order valence-electron chi connectivity index (χ4n) is 5.11. The molecule has 0 aliphatic carbocycles. The second kappa shape index (κ2) is 12.6. The smallest absolute Gasteiger partial charge is 0.249 e. The van der Waals surface area contributed by atoms with Crippen molar-refractivity contribution in [1.82, 2.24) is 9.80 Å². The number of carbonyl (C=O) groups is 2. The average molecular weight is 574 g/mol. The molecule has 2 unspecified atom stereocenters. The summed E-state index contributed by atoms with van der Waals surface area (Å²) in [4.78, 5) is 31.8. The molecule has 3 aromatic rings. The zero-order valence-electron chi connectivity index (χ0n) is 21.0. The molecule has 0 saturated carbocycles. The number of carbonyl (C=O) groups excluding carboxylic acids is 2. The second-order valence-corrected chi connectivity index (χ2v) is 11.4. The first-order valence-electron chi connectivity index (χ1n) is 12.8. The van der Waals surface area contributed by atoms with Crippen molar-refractivity contribution in [1.29, 1.82) is 0 Å². The molecule has 1 fully saturated rings. The van der Waals surface area contributed by atoms with Crippen LogP contribution < -0.4 is 0 Å². The Labute approximate surface area is 237 Å². The fourth-order valence-corrected chi connectivity index (χ4v) is 6.52. The molecular weight excluding hydrogens is 543 g/mol. The maximum absolute atomic E-state index is 13.9. The predicted octanol–water partition coefficient (Wildman–Crippen LogP) is 5.75. The highest BCUT2D eigenvalue weighted by Crippen LogP contribution is 2.41. The van der Waals surface area contributed by atoms with Gasteiger partial charge in [-0.2, -0.15) is 0 Å². The summed E-state index contributed by atoms with van der Waals surface area (Å²) in [5.74, 6) is -0.355. The van der Waals surface area contributed by atoms with Crippen molar-refractivity contribution in [3.63, 3.8) is 0 Å². The highest BCUT2D eigenvalue weighted by molar-refractivity contribution is 7.10. The summed E-state index contributed by atoms with van der Waals surface area (Å²) < 4.78 is 11.5. The van der Waals surface area contributed by atoms with Crippen LogP contribution in [0.25, 0.3) is 0 Å². The van der Waals surface area contributed by atoms with Gasteiger partial charge in [0.2, 0.25) is 11.8 Å². The van der Waals surface area contributed by atoms with E-state index in [1.54, 1.807) is 28.4 Å². The first kappa shape index (κ1) is 27.2. The number of nitrogens with zero attached hydrogens (tertiary/aromatic N) is 2. The van der Waals surface area contributed by atoms with Crippen LogP contribution in [-0.4, -0.2) is 60.6 Å². The van der Waals surface area contributed by atoms with E-state index < -0.39 is 0 Å². The SMILES string of the molecule is O=C(COCc1ccccc1)N(CC(=O)N1CCc2sccc2C1c1ccc(Cl)cc1Cl)CC1CCCO1. The molecule has 1 saturated heterocycles. The Bertz CT molecular complexity index is 1260. The largest absolute Gasteiger partial charge is 0.376 e. The lowest BCUT2D eigenvalue weighted by Crippen LogP contribution is -2.49. The van der Waals surface area contributed by atoms with E-state index >= 15 is 0 Å². The summed E-state index contributed by atoms with van der Waals surface area (Å²) >= 11 is 14.5. The van der Waals surface area contributed by atoms with E-state index in [-0.39, 0.29) is 37.1 Å². The van der Waals surface area contributed by atoms with Crippen LogP contribution >= 0.6 is 34.5 Å². The lowest BCUT2D eigenvalue weighted by atomic mass is 9.93. The molecule has 9 heteroatoms. The molecule has 2 aliphatic heterocycles. The topological polar surface area (TPSA) is 59.1 Å². The number of rotatable bonds is 9. The lowest BCUT2D eigenvalue weighted by molar-refractivity contribution is -0.145. The van der Waals surface area contributed by atoms with Gasteiger partial charge in [0.15, 0.2) is 0 Å². The molecule has 0 bridgehead atoms. The van der Waals surface area contributed by atoms with Crippen LogP contribution in [0.15, 0.2) is 60.0 Å². The number of hydrogen-bond acceptors (Lipinski definition) is 5. The van der Waals surface area contributed by atoms with Gasteiger partial charge in [-0.1, -0.05) is 59.6 Å². The Hall–Kier alpha value is -2.42. The monoisotopic (exact) mass is 572 g/mol. The van der Waals surface area contributed by atoms with Gasteiger partial charge in [0, 0.05) is 34.6 Å². The molecule has 1 aromatic heterocycles. The Balaban J connectivity index is 1.33. The van der Waals surface area contributed by atoms with Crippen molar-refractivity contribution in [3.05, 3.63) is 91.6 Å². The molecule has 2 atom stereocenters. The molecule has 0 spiro atoms.